The fourth-order valence-electron chi connectivity index (χ4n) is 2.61. The van der Waals surface area contributed by atoms with Crippen molar-refractivity contribution in [3.05, 3.63) is 22.6 Å². The van der Waals surface area contributed by atoms with Crippen LogP contribution >= 0.6 is 0 Å². The van der Waals surface area contributed by atoms with E-state index in [4.69, 9.17) is 0 Å². The first-order valence-corrected chi connectivity index (χ1v) is 7.70. The predicted molar refractivity (Wildman–Crippen MR) is 82.3 cm³/mol. The maximum Gasteiger partial charge on any atom is 0.268 e. The van der Waals surface area contributed by atoms with Crippen molar-refractivity contribution >= 4 is 5.69 Å². The van der Waals surface area contributed by atoms with Gasteiger partial charge in [0.05, 0.1) is 11.9 Å². The van der Waals surface area contributed by atoms with Gasteiger partial charge in [0.1, 0.15) is 0 Å². The summed E-state index contributed by atoms with van der Waals surface area (Å²) in [6.07, 6.45) is 7.59. The second-order valence-corrected chi connectivity index (χ2v) is 5.65. The van der Waals surface area contributed by atoms with Crippen molar-refractivity contribution in [1.82, 2.24) is 15.1 Å². The molecular weight excluding hydrogens is 252 g/mol. The summed E-state index contributed by atoms with van der Waals surface area (Å²) in [4.78, 5) is 14.4. The Kier molecular flexibility index (Phi) is 5.59. The second-order valence-electron chi connectivity index (χ2n) is 5.65. The van der Waals surface area contributed by atoms with Crippen LogP contribution in [-0.4, -0.2) is 36.0 Å². The molecule has 2 rings (SSSR count). The Balaban J connectivity index is 1.93. The van der Waals surface area contributed by atoms with Crippen molar-refractivity contribution in [3.8, 4) is 0 Å². The SMILES string of the molecule is CNC(C)CCCn1ncc(N2CCCCC2)cc1=O. The third-order valence-electron chi connectivity index (χ3n) is 4.08. The van der Waals surface area contributed by atoms with Gasteiger partial charge < -0.3 is 10.2 Å². The van der Waals surface area contributed by atoms with Crippen LogP contribution < -0.4 is 15.8 Å². The molecule has 2 heterocycles. The topological polar surface area (TPSA) is 50.2 Å². The van der Waals surface area contributed by atoms with Crippen molar-refractivity contribution in [2.75, 3.05) is 25.0 Å². The summed E-state index contributed by atoms with van der Waals surface area (Å²) >= 11 is 0. The molecule has 0 saturated carbocycles. The molecule has 1 aliphatic heterocycles. The minimum atomic E-state index is 0.0187. The molecule has 1 aromatic heterocycles. The molecular formula is C15H26N4O. The number of hydrogen-bond acceptors (Lipinski definition) is 4. The van der Waals surface area contributed by atoms with Crippen molar-refractivity contribution in [2.45, 2.75) is 51.6 Å². The summed E-state index contributed by atoms with van der Waals surface area (Å²) in [5, 5.41) is 7.52. The Labute approximate surface area is 121 Å². The molecule has 0 aliphatic carbocycles. The van der Waals surface area contributed by atoms with E-state index < -0.39 is 0 Å². The molecule has 1 N–H and O–H groups in total. The van der Waals surface area contributed by atoms with E-state index in [-0.39, 0.29) is 5.56 Å². The van der Waals surface area contributed by atoms with E-state index in [2.05, 4.69) is 22.2 Å². The zero-order valence-electron chi connectivity index (χ0n) is 12.6. The van der Waals surface area contributed by atoms with Crippen LogP contribution in [0.15, 0.2) is 17.1 Å². The molecule has 0 bridgehead atoms. The largest absolute Gasteiger partial charge is 0.370 e. The molecule has 1 fully saturated rings. The van der Waals surface area contributed by atoms with E-state index in [1.54, 1.807) is 10.7 Å². The summed E-state index contributed by atoms with van der Waals surface area (Å²) in [5.74, 6) is 0. The lowest BCUT2D eigenvalue weighted by atomic mass is 10.1. The minimum Gasteiger partial charge on any atom is -0.370 e. The summed E-state index contributed by atoms with van der Waals surface area (Å²) in [7, 11) is 1.96. The van der Waals surface area contributed by atoms with Gasteiger partial charge in [-0.15, -0.1) is 0 Å². The summed E-state index contributed by atoms with van der Waals surface area (Å²) in [6.45, 7) is 4.94. The van der Waals surface area contributed by atoms with E-state index in [9.17, 15) is 4.79 Å². The van der Waals surface area contributed by atoms with Crippen LogP contribution in [0.4, 0.5) is 5.69 Å². The summed E-state index contributed by atoms with van der Waals surface area (Å²) in [6, 6.07) is 2.22. The fraction of sp³-hybridized carbons (Fsp3) is 0.733. The number of aryl methyl sites for hydroxylation is 1. The smallest absolute Gasteiger partial charge is 0.268 e. The number of rotatable bonds is 6. The van der Waals surface area contributed by atoms with Gasteiger partial charge in [-0.2, -0.15) is 5.10 Å². The van der Waals surface area contributed by atoms with Gasteiger partial charge >= 0.3 is 0 Å². The molecule has 1 aliphatic rings. The molecule has 0 aromatic carbocycles. The van der Waals surface area contributed by atoms with Gasteiger partial charge in [0.25, 0.3) is 5.56 Å². The lowest BCUT2D eigenvalue weighted by molar-refractivity contribution is 0.475. The Hall–Kier alpha value is -1.36. The van der Waals surface area contributed by atoms with Crippen LogP contribution in [0.2, 0.25) is 0 Å². The zero-order valence-corrected chi connectivity index (χ0v) is 12.6. The van der Waals surface area contributed by atoms with Gasteiger partial charge in [0.2, 0.25) is 0 Å². The lowest BCUT2D eigenvalue weighted by Gasteiger charge is -2.28. The molecule has 1 saturated heterocycles. The highest BCUT2D eigenvalue weighted by Gasteiger charge is 2.12. The highest BCUT2D eigenvalue weighted by atomic mass is 16.1. The van der Waals surface area contributed by atoms with Crippen LogP contribution in [0.1, 0.15) is 39.0 Å². The Morgan fingerprint density at radius 3 is 2.75 bits per heavy atom. The van der Waals surface area contributed by atoms with Crippen LogP contribution in [-0.2, 0) is 6.54 Å². The molecule has 0 radical (unpaired) electrons. The number of aromatic nitrogens is 2. The van der Waals surface area contributed by atoms with E-state index in [1.165, 1.54) is 19.3 Å². The monoisotopic (exact) mass is 278 g/mol. The quantitative estimate of drug-likeness (QED) is 0.859. The van der Waals surface area contributed by atoms with Gasteiger partial charge in [-0.1, -0.05) is 0 Å². The van der Waals surface area contributed by atoms with Crippen LogP contribution in [0.3, 0.4) is 0 Å². The first-order chi connectivity index (χ1) is 9.70. The van der Waals surface area contributed by atoms with Crippen molar-refractivity contribution in [1.29, 1.82) is 0 Å². The number of anilines is 1. The maximum atomic E-state index is 12.1. The van der Waals surface area contributed by atoms with E-state index in [0.29, 0.717) is 12.6 Å². The standard InChI is InChI=1S/C15H26N4O/c1-13(16-2)7-6-10-19-15(20)11-14(12-17-19)18-8-4-3-5-9-18/h11-13,16H,3-10H2,1-2H3. The lowest BCUT2D eigenvalue weighted by Crippen LogP contribution is -2.32. The third kappa shape index (κ3) is 4.07. The molecule has 1 unspecified atom stereocenters. The van der Waals surface area contributed by atoms with E-state index >= 15 is 0 Å². The molecule has 5 nitrogen and oxygen atoms in total. The van der Waals surface area contributed by atoms with Crippen LogP contribution in [0, 0.1) is 0 Å². The Morgan fingerprint density at radius 1 is 1.35 bits per heavy atom. The molecule has 20 heavy (non-hydrogen) atoms. The van der Waals surface area contributed by atoms with Gasteiger partial charge in [0, 0.05) is 31.7 Å². The summed E-state index contributed by atoms with van der Waals surface area (Å²) < 4.78 is 1.58. The predicted octanol–water partition coefficient (Wildman–Crippen LogP) is 1.62. The average Bonchev–Trinajstić information content (AvgIpc) is 2.49. The highest BCUT2D eigenvalue weighted by Crippen LogP contribution is 2.16. The van der Waals surface area contributed by atoms with Crippen molar-refractivity contribution in [3.63, 3.8) is 0 Å². The molecule has 1 atom stereocenters. The molecule has 112 valence electrons. The fourth-order valence-corrected chi connectivity index (χ4v) is 2.61. The zero-order chi connectivity index (χ0) is 14.4. The van der Waals surface area contributed by atoms with Crippen molar-refractivity contribution in [2.24, 2.45) is 0 Å². The normalized spacial score (nSPS) is 17.2. The van der Waals surface area contributed by atoms with Crippen molar-refractivity contribution < 1.29 is 0 Å². The maximum absolute atomic E-state index is 12.1. The van der Waals surface area contributed by atoms with Gasteiger partial charge in [-0.05, 0) is 46.1 Å². The third-order valence-corrected chi connectivity index (χ3v) is 4.08. The Morgan fingerprint density at radius 2 is 2.10 bits per heavy atom. The second kappa shape index (κ2) is 7.43. The molecule has 5 heteroatoms. The van der Waals surface area contributed by atoms with E-state index in [0.717, 1.165) is 31.6 Å². The first kappa shape index (κ1) is 15.0. The molecule has 0 amide bonds. The molecule has 0 spiro atoms. The van der Waals surface area contributed by atoms with Gasteiger partial charge in [0.15, 0.2) is 0 Å². The summed E-state index contributed by atoms with van der Waals surface area (Å²) in [5.41, 5.74) is 1.000. The average molecular weight is 278 g/mol. The van der Waals surface area contributed by atoms with Gasteiger partial charge in [-0.3, -0.25) is 4.79 Å². The van der Waals surface area contributed by atoms with Gasteiger partial charge in [-0.25, -0.2) is 4.68 Å². The first-order valence-electron chi connectivity index (χ1n) is 7.70. The number of nitrogens with one attached hydrogen (secondary N) is 1. The molecule has 1 aromatic rings. The Bertz CT molecular complexity index is 465. The number of nitrogens with zero attached hydrogens (tertiary/aromatic N) is 3. The van der Waals surface area contributed by atoms with Crippen LogP contribution in [0.5, 0.6) is 0 Å². The highest BCUT2D eigenvalue weighted by molar-refractivity contribution is 5.43. The number of piperidine rings is 1. The number of hydrogen-bond donors (Lipinski definition) is 1. The van der Waals surface area contributed by atoms with Crippen LogP contribution in [0.25, 0.3) is 0 Å². The van der Waals surface area contributed by atoms with E-state index in [1.807, 2.05) is 13.2 Å². The minimum absolute atomic E-state index is 0.0187.